The third kappa shape index (κ3) is 2.80. The van der Waals surface area contributed by atoms with Crippen LogP contribution in [0.4, 0.5) is 14.5 Å². The molecule has 1 heterocycles. The second kappa shape index (κ2) is 5.68. The molecule has 0 bridgehead atoms. The fourth-order valence-corrected chi connectivity index (χ4v) is 1.83. The lowest BCUT2D eigenvalue weighted by Crippen LogP contribution is -2.13. The zero-order chi connectivity index (χ0) is 15.5. The van der Waals surface area contributed by atoms with Crippen molar-refractivity contribution in [3.8, 4) is 5.69 Å². The lowest BCUT2D eigenvalue weighted by atomic mass is 10.2. The average Bonchev–Trinajstić information content (AvgIpc) is 3.04. The maximum absolute atomic E-state index is 13.5. The summed E-state index contributed by atoms with van der Waals surface area (Å²) in [5.41, 5.74) is 0.908. The van der Waals surface area contributed by atoms with E-state index in [0.717, 1.165) is 12.1 Å². The molecule has 1 N–H and O–H groups in total. The summed E-state index contributed by atoms with van der Waals surface area (Å²) >= 11 is 0. The standard InChI is InChI=1S/C14H9F2N5O/c15-10-3-6-13(12(16)7-10)18-14(22)9-1-4-11(5-2-9)21-8-17-19-20-21/h1-8H,(H,18,22). The highest BCUT2D eigenvalue weighted by molar-refractivity contribution is 6.04. The first-order valence-electron chi connectivity index (χ1n) is 6.23. The third-order valence-corrected chi connectivity index (χ3v) is 2.92. The number of nitrogens with zero attached hydrogens (tertiary/aromatic N) is 4. The van der Waals surface area contributed by atoms with E-state index in [1.54, 1.807) is 24.3 Å². The molecule has 6 nitrogen and oxygen atoms in total. The van der Waals surface area contributed by atoms with E-state index in [1.807, 2.05) is 0 Å². The van der Waals surface area contributed by atoms with Crippen LogP contribution in [0.3, 0.4) is 0 Å². The van der Waals surface area contributed by atoms with Gasteiger partial charge in [-0.3, -0.25) is 4.79 Å². The van der Waals surface area contributed by atoms with E-state index in [1.165, 1.54) is 11.0 Å². The molecule has 8 heteroatoms. The van der Waals surface area contributed by atoms with Gasteiger partial charge in [0, 0.05) is 11.6 Å². The summed E-state index contributed by atoms with van der Waals surface area (Å²) < 4.78 is 27.7. The first-order valence-corrected chi connectivity index (χ1v) is 6.23. The van der Waals surface area contributed by atoms with Crippen LogP contribution >= 0.6 is 0 Å². The molecule has 2 aromatic carbocycles. The van der Waals surface area contributed by atoms with Gasteiger partial charge >= 0.3 is 0 Å². The second-order valence-corrected chi connectivity index (χ2v) is 4.38. The van der Waals surface area contributed by atoms with Crippen molar-refractivity contribution in [3.05, 3.63) is 66.0 Å². The minimum Gasteiger partial charge on any atom is -0.319 e. The Morgan fingerprint density at radius 3 is 2.50 bits per heavy atom. The van der Waals surface area contributed by atoms with Gasteiger partial charge in [-0.25, -0.2) is 13.5 Å². The average molecular weight is 301 g/mol. The molecule has 0 saturated heterocycles. The highest BCUT2D eigenvalue weighted by Crippen LogP contribution is 2.16. The second-order valence-electron chi connectivity index (χ2n) is 4.38. The Bertz CT molecular complexity index is 803. The van der Waals surface area contributed by atoms with Gasteiger partial charge < -0.3 is 5.32 Å². The number of halogens is 2. The van der Waals surface area contributed by atoms with Gasteiger partial charge in [-0.1, -0.05) is 0 Å². The minimum absolute atomic E-state index is 0.0871. The van der Waals surface area contributed by atoms with Gasteiger partial charge in [-0.15, -0.1) is 5.10 Å². The van der Waals surface area contributed by atoms with Crippen molar-refractivity contribution < 1.29 is 13.6 Å². The van der Waals surface area contributed by atoms with E-state index < -0.39 is 17.5 Å². The third-order valence-electron chi connectivity index (χ3n) is 2.92. The maximum Gasteiger partial charge on any atom is 0.255 e. The predicted octanol–water partition coefficient (Wildman–Crippen LogP) is 2.19. The number of nitrogens with one attached hydrogen (secondary N) is 1. The monoisotopic (exact) mass is 301 g/mol. The first kappa shape index (κ1) is 13.8. The van der Waals surface area contributed by atoms with Gasteiger partial charge in [0.15, 0.2) is 0 Å². The molecule has 0 aliphatic rings. The first-order chi connectivity index (χ1) is 10.6. The molecule has 0 unspecified atom stereocenters. The van der Waals surface area contributed by atoms with Crippen LogP contribution in [0, 0.1) is 11.6 Å². The van der Waals surface area contributed by atoms with Crippen molar-refractivity contribution in [1.82, 2.24) is 20.2 Å². The predicted molar refractivity (Wildman–Crippen MR) is 73.5 cm³/mol. The van der Waals surface area contributed by atoms with Crippen molar-refractivity contribution in [1.29, 1.82) is 0 Å². The molecule has 0 spiro atoms. The van der Waals surface area contributed by atoms with Crippen molar-refractivity contribution in [2.24, 2.45) is 0 Å². The SMILES string of the molecule is O=C(Nc1ccc(F)cc1F)c1ccc(-n2cnnn2)cc1. The molecule has 1 aromatic heterocycles. The largest absolute Gasteiger partial charge is 0.319 e. The fraction of sp³-hybridized carbons (Fsp3) is 0. The van der Waals surface area contributed by atoms with Crippen LogP contribution in [0.5, 0.6) is 0 Å². The number of aromatic nitrogens is 4. The molecule has 0 saturated carbocycles. The van der Waals surface area contributed by atoms with Crippen LogP contribution in [0.25, 0.3) is 5.69 Å². The topological polar surface area (TPSA) is 72.7 Å². The van der Waals surface area contributed by atoms with Crippen LogP contribution in [0.1, 0.15) is 10.4 Å². The van der Waals surface area contributed by atoms with Gasteiger partial charge in [0.05, 0.1) is 11.4 Å². The highest BCUT2D eigenvalue weighted by Gasteiger charge is 2.10. The van der Waals surface area contributed by atoms with Crippen molar-refractivity contribution in [3.63, 3.8) is 0 Å². The highest BCUT2D eigenvalue weighted by atomic mass is 19.1. The van der Waals surface area contributed by atoms with E-state index in [2.05, 4.69) is 20.8 Å². The van der Waals surface area contributed by atoms with Crippen LogP contribution in [0.15, 0.2) is 48.8 Å². The van der Waals surface area contributed by atoms with Crippen LogP contribution in [-0.2, 0) is 0 Å². The number of hydrogen-bond acceptors (Lipinski definition) is 4. The number of hydrogen-bond donors (Lipinski definition) is 1. The van der Waals surface area contributed by atoms with E-state index in [-0.39, 0.29) is 5.69 Å². The van der Waals surface area contributed by atoms with Crippen LogP contribution in [-0.4, -0.2) is 26.1 Å². The molecular weight excluding hydrogens is 292 g/mol. The van der Waals surface area contributed by atoms with E-state index >= 15 is 0 Å². The summed E-state index contributed by atoms with van der Waals surface area (Å²) in [4.78, 5) is 12.0. The van der Waals surface area contributed by atoms with Gasteiger partial charge in [0.2, 0.25) is 0 Å². The van der Waals surface area contributed by atoms with Gasteiger partial charge in [-0.05, 0) is 46.8 Å². The number of carbonyl (C=O) groups is 1. The quantitative estimate of drug-likeness (QED) is 0.805. The Labute approximate surface area is 123 Å². The molecule has 0 fully saturated rings. The molecule has 3 rings (SSSR count). The number of rotatable bonds is 3. The van der Waals surface area contributed by atoms with E-state index in [0.29, 0.717) is 17.3 Å². The van der Waals surface area contributed by atoms with Gasteiger partial charge in [-0.2, -0.15) is 0 Å². The summed E-state index contributed by atoms with van der Waals surface area (Å²) in [6, 6.07) is 9.33. The fourth-order valence-electron chi connectivity index (χ4n) is 1.83. The van der Waals surface area contributed by atoms with Gasteiger partial charge in [0.1, 0.15) is 18.0 Å². The Morgan fingerprint density at radius 2 is 1.86 bits per heavy atom. The molecule has 110 valence electrons. The maximum atomic E-state index is 13.5. The zero-order valence-electron chi connectivity index (χ0n) is 11.1. The lowest BCUT2D eigenvalue weighted by Gasteiger charge is -2.07. The Morgan fingerprint density at radius 1 is 1.09 bits per heavy atom. The van der Waals surface area contributed by atoms with Crippen molar-refractivity contribution in [2.75, 3.05) is 5.32 Å². The zero-order valence-corrected chi connectivity index (χ0v) is 11.1. The minimum atomic E-state index is -0.835. The number of carbonyl (C=O) groups excluding carboxylic acids is 1. The number of anilines is 1. The smallest absolute Gasteiger partial charge is 0.255 e. The molecular formula is C14H9F2N5O. The summed E-state index contributed by atoms with van der Waals surface area (Å²) in [7, 11) is 0. The molecule has 0 radical (unpaired) electrons. The Balaban J connectivity index is 1.77. The van der Waals surface area contributed by atoms with Crippen molar-refractivity contribution in [2.45, 2.75) is 0 Å². The molecule has 0 aliphatic carbocycles. The van der Waals surface area contributed by atoms with E-state index in [9.17, 15) is 13.6 Å². The number of tetrazole rings is 1. The summed E-state index contributed by atoms with van der Waals surface area (Å²) in [6.07, 6.45) is 1.42. The lowest BCUT2D eigenvalue weighted by molar-refractivity contribution is 0.102. The number of amides is 1. The normalized spacial score (nSPS) is 10.5. The van der Waals surface area contributed by atoms with Crippen LogP contribution < -0.4 is 5.32 Å². The molecule has 1 amide bonds. The van der Waals surface area contributed by atoms with E-state index in [4.69, 9.17) is 0 Å². The summed E-state index contributed by atoms with van der Waals surface area (Å²) in [5.74, 6) is -2.05. The Hall–Kier alpha value is -3.16. The molecule has 0 atom stereocenters. The summed E-state index contributed by atoms with van der Waals surface area (Å²) in [6.45, 7) is 0. The molecule has 0 aliphatic heterocycles. The van der Waals surface area contributed by atoms with Crippen molar-refractivity contribution >= 4 is 11.6 Å². The van der Waals surface area contributed by atoms with Crippen LogP contribution in [0.2, 0.25) is 0 Å². The molecule has 3 aromatic rings. The number of benzene rings is 2. The summed E-state index contributed by atoms with van der Waals surface area (Å²) in [5, 5.41) is 13.1. The Kier molecular flexibility index (Phi) is 3.57. The molecule has 22 heavy (non-hydrogen) atoms. The van der Waals surface area contributed by atoms with Gasteiger partial charge in [0.25, 0.3) is 5.91 Å².